The molecular weight excluding hydrogens is 415 g/mol. The number of hydrogen-bond donors (Lipinski definition) is 3. The smallest absolute Gasteiger partial charge is 0.475 e. The van der Waals surface area contributed by atoms with E-state index in [9.17, 15) is 22.8 Å². The van der Waals surface area contributed by atoms with Gasteiger partial charge in [0, 0.05) is 25.2 Å². The van der Waals surface area contributed by atoms with Gasteiger partial charge >= 0.3 is 12.1 Å². The van der Waals surface area contributed by atoms with Crippen LogP contribution < -0.4 is 15.5 Å². The third-order valence-corrected chi connectivity index (χ3v) is 6.24. The van der Waals surface area contributed by atoms with Crippen LogP contribution in [-0.4, -0.2) is 55.2 Å². The Balaban J connectivity index is 0.000000339. The summed E-state index contributed by atoms with van der Waals surface area (Å²) in [7, 11) is 0. The lowest BCUT2D eigenvalue weighted by molar-refractivity contribution is -0.192. The molecule has 0 radical (unpaired) electrons. The maximum atomic E-state index is 12.0. The number of benzene rings is 1. The number of aliphatic carboxylic acids is 1. The Morgan fingerprint density at radius 3 is 2.26 bits per heavy atom. The lowest BCUT2D eigenvalue weighted by Gasteiger charge is -2.34. The highest BCUT2D eigenvalue weighted by atomic mass is 19.4. The van der Waals surface area contributed by atoms with Crippen LogP contribution in [0.5, 0.6) is 0 Å². The lowest BCUT2D eigenvalue weighted by Crippen LogP contribution is -2.39. The molecule has 0 bridgehead atoms. The minimum atomic E-state index is -5.08. The normalized spacial score (nSPS) is 23.2. The summed E-state index contributed by atoms with van der Waals surface area (Å²) in [5, 5.41) is 13.0. The van der Waals surface area contributed by atoms with Crippen LogP contribution in [0, 0.1) is 5.41 Å². The number of carboxylic acid groups (broad SMARTS) is 1. The van der Waals surface area contributed by atoms with E-state index in [4.69, 9.17) is 9.90 Å². The van der Waals surface area contributed by atoms with E-state index in [2.05, 4.69) is 39.8 Å². The monoisotopic (exact) mass is 441 g/mol. The minimum absolute atomic E-state index is 0.155. The second-order valence-corrected chi connectivity index (χ2v) is 8.32. The van der Waals surface area contributed by atoms with Crippen molar-refractivity contribution in [1.29, 1.82) is 0 Å². The minimum Gasteiger partial charge on any atom is -0.475 e. The van der Waals surface area contributed by atoms with Crippen molar-refractivity contribution in [2.75, 3.05) is 31.1 Å². The number of piperidine rings is 2. The molecule has 0 aliphatic carbocycles. The highest BCUT2D eigenvalue weighted by Gasteiger charge is 2.39. The molecule has 7 nitrogen and oxygen atoms in total. The molecule has 1 aromatic carbocycles. The first-order valence-electron chi connectivity index (χ1n) is 10.3. The zero-order valence-corrected chi connectivity index (χ0v) is 17.0. The highest BCUT2D eigenvalue weighted by Crippen LogP contribution is 2.40. The van der Waals surface area contributed by atoms with Gasteiger partial charge in [-0.1, -0.05) is 12.1 Å². The molecule has 0 saturated carbocycles. The van der Waals surface area contributed by atoms with Crippen LogP contribution in [0.2, 0.25) is 0 Å². The van der Waals surface area contributed by atoms with Gasteiger partial charge in [-0.25, -0.2) is 4.79 Å². The van der Waals surface area contributed by atoms with E-state index in [0.717, 1.165) is 31.7 Å². The maximum Gasteiger partial charge on any atom is 0.490 e. The van der Waals surface area contributed by atoms with Gasteiger partial charge in [0.2, 0.25) is 11.8 Å². The van der Waals surface area contributed by atoms with Crippen molar-refractivity contribution in [2.45, 2.75) is 44.2 Å². The average Bonchev–Trinajstić information content (AvgIpc) is 3.12. The summed E-state index contributed by atoms with van der Waals surface area (Å²) in [4.78, 5) is 34.7. The summed E-state index contributed by atoms with van der Waals surface area (Å²) in [5.41, 5.74) is 2.76. The van der Waals surface area contributed by atoms with Gasteiger partial charge in [0.15, 0.2) is 0 Å². The molecule has 170 valence electrons. The number of carbonyl (C=O) groups is 3. The second kappa shape index (κ2) is 9.25. The van der Waals surface area contributed by atoms with Crippen LogP contribution in [-0.2, 0) is 14.4 Å². The highest BCUT2D eigenvalue weighted by molar-refractivity contribution is 6.00. The summed E-state index contributed by atoms with van der Waals surface area (Å²) < 4.78 is 31.7. The number of imide groups is 1. The van der Waals surface area contributed by atoms with Crippen LogP contribution in [0.1, 0.15) is 43.6 Å². The molecule has 3 fully saturated rings. The Morgan fingerprint density at radius 2 is 1.71 bits per heavy atom. The van der Waals surface area contributed by atoms with Crippen molar-refractivity contribution in [3.05, 3.63) is 29.8 Å². The number of halogens is 3. The Bertz CT molecular complexity index is 820. The van der Waals surface area contributed by atoms with E-state index in [0.29, 0.717) is 18.3 Å². The predicted molar refractivity (Wildman–Crippen MR) is 107 cm³/mol. The quantitative estimate of drug-likeness (QED) is 0.610. The third-order valence-electron chi connectivity index (χ3n) is 6.24. The van der Waals surface area contributed by atoms with Crippen molar-refractivity contribution in [2.24, 2.45) is 5.41 Å². The van der Waals surface area contributed by atoms with Gasteiger partial charge in [-0.05, 0) is 61.9 Å². The zero-order chi connectivity index (χ0) is 22.6. The Kier molecular flexibility index (Phi) is 6.88. The number of carboxylic acids is 1. The SMILES string of the molecule is O=C(O)C(F)(F)F.O=C1CC[C@H](c2ccc(N3CCC4(CCNCC4)C3)cc2)C(=O)N1. The summed E-state index contributed by atoms with van der Waals surface area (Å²) >= 11 is 0. The average molecular weight is 441 g/mol. The molecule has 4 rings (SSSR count). The first-order valence-corrected chi connectivity index (χ1v) is 10.3. The summed E-state index contributed by atoms with van der Waals surface area (Å²) in [5.74, 6) is -3.26. The molecule has 1 aromatic rings. The fourth-order valence-electron chi connectivity index (χ4n) is 4.45. The Labute approximate surface area is 178 Å². The van der Waals surface area contributed by atoms with Crippen molar-refractivity contribution >= 4 is 23.5 Å². The van der Waals surface area contributed by atoms with Gasteiger partial charge < -0.3 is 15.3 Å². The molecule has 1 spiro atoms. The van der Waals surface area contributed by atoms with Crippen LogP contribution in [0.15, 0.2) is 24.3 Å². The molecule has 0 unspecified atom stereocenters. The zero-order valence-electron chi connectivity index (χ0n) is 17.0. The van der Waals surface area contributed by atoms with Crippen molar-refractivity contribution in [3.63, 3.8) is 0 Å². The summed E-state index contributed by atoms with van der Waals surface area (Å²) in [6.45, 7) is 4.55. The van der Waals surface area contributed by atoms with Crippen LogP contribution in [0.3, 0.4) is 0 Å². The number of alkyl halides is 3. The lowest BCUT2D eigenvalue weighted by atomic mass is 9.78. The van der Waals surface area contributed by atoms with Gasteiger partial charge in [0.25, 0.3) is 0 Å². The van der Waals surface area contributed by atoms with Crippen molar-refractivity contribution in [1.82, 2.24) is 10.6 Å². The largest absolute Gasteiger partial charge is 0.490 e. The van der Waals surface area contributed by atoms with E-state index < -0.39 is 12.1 Å². The van der Waals surface area contributed by atoms with E-state index >= 15 is 0 Å². The Hall–Kier alpha value is -2.62. The number of rotatable bonds is 2. The predicted octanol–water partition coefficient (Wildman–Crippen LogP) is 2.42. The maximum absolute atomic E-state index is 12.0. The van der Waals surface area contributed by atoms with E-state index in [1.165, 1.54) is 24.9 Å². The third kappa shape index (κ3) is 5.75. The van der Waals surface area contributed by atoms with Crippen LogP contribution in [0.25, 0.3) is 0 Å². The van der Waals surface area contributed by atoms with E-state index in [-0.39, 0.29) is 17.7 Å². The van der Waals surface area contributed by atoms with Crippen LogP contribution in [0.4, 0.5) is 18.9 Å². The fourth-order valence-corrected chi connectivity index (χ4v) is 4.45. The number of nitrogens with one attached hydrogen (secondary N) is 2. The van der Waals surface area contributed by atoms with Gasteiger partial charge in [-0.15, -0.1) is 0 Å². The van der Waals surface area contributed by atoms with E-state index in [1.54, 1.807) is 0 Å². The number of hydrogen-bond acceptors (Lipinski definition) is 5. The number of nitrogens with zero attached hydrogens (tertiary/aromatic N) is 1. The van der Waals surface area contributed by atoms with Crippen molar-refractivity contribution in [3.8, 4) is 0 Å². The summed E-state index contributed by atoms with van der Waals surface area (Å²) in [6, 6.07) is 8.39. The summed E-state index contributed by atoms with van der Waals surface area (Å²) in [6.07, 6.45) is -0.204. The second-order valence-electron chi connectivity index (χ2n) is 8.32. The first-order chi connectivity index (χ1) is 14.6. The van der Waals surface area contributed by atoms with E-state index in [1.807, 2.05) is 0 Å². The van der Waals surface area contributed by atoms with Gasteiger partial charge in [0.1, 0.15) is 0 Å². The molecule has 3 heterocycles. The molecule has 3 saturated heterocycles. The molecule has 0 aromatic heterocycles. The molecular formula is C21H26F3N3O4. The Morgan fingerprint density at radius 1 is 1.10 bits per heavy atom. The molecule has 3 aliphatic heterocycles. The van der Waals surface area contributed by atoms with Gasteiger partial charge in [-0.2, -0.15) is 13.2 Å². The first kappa shape index (κ1) is 23.1. The number of carbonyl (C=O) groups excluding carboxylic acids is 2. The van der Waals surface area contributed by atoms with Crippen LogP contribution >= 0.6 is 0 Å². The molecule has 2 amide bonds. The molecule has 1 atom stereocenters. The number of amides is 2. The van der Waals surface area contributed by atoms with Crippen molar-refractivity contribution < 1.29 is 32.7 Å². The fraction of sp³-hybridized carbons (Fsp3) is 0.571. The standard InChI is InChI=1S/C19H25N3O2.C2HF3O2/c23-17-6-5-16(18(24)21-17)14-1-3-15(4-2-14)22-12-9-19(13-22)7-10-20-11-8-19;3-2(4,5)1(6)7/h1-4,16,20H,5-13H2,(H,21,23,24);(H,6,7)/t16-;/m1./s1. The number of anilines is 1. The topological polar surface area (TPSA) is 98.7 Å². The molecule has 3 N–H and O–H groups in total. The molecule has 3 aliphatic rings. The molecule has 31 heavy (non-hydrogen) atoms. The molecule has 10 heteroatoms. The van der Waals surface area contributed by atoms with Gasteiger partial charge in [-0.3, -0.25) is 14.9 Å². The van der Waals surface area contributed by atoms with Gasteiger partial charge in [0.05, 0.1) is 5.92 Å².